The van der Waals surface area contributed by atoms with Gasteiger partial charge < -0.3 is 47.4 Å². The van der Waals surface area contributed by atoms with E-state index in [9.17, 15) is 10.1 Å². The zero-order valence-corrected chi connectivity index (χ0v) is 32.3. The lowest BCUT2D eigenvalue weighted by Gasteiger charge is -2.09. The molecule has 0 saturated carbocycles. The molecule has 0 radical (unpaired) electrons. The summed E-state index contributed by atoms with van der Waals surface area (Å²) in [6.45, 7) is 12.1. The van der Waals surface area contributed by atoms with Crippen molar-refractivity contribution in [3.8, 4) is 5.75 Å². The average molecular weight is 746 g/mol. The monoisotopic (exact) mass is 745 g/mol. The van der Waals surface area contributed by atoms with Crippen LogP contribution in [0.3, 0.4) is 0 Å². The maximum atomic E-state index is 10.6. The lowest BCUT2D eigenvalue weighted by Crippen LogP contribution is -2.15. The van der Waals surface area contributed by atoms with Gasteiger partial charge in [0.05, 0.1) is 117 Å². The zero-order valence-electron chi connectivity index (χ0n) is 32.3. The van der Waals surface area contributed by atoms with Crippen LogP contribution in [0.4, 0.5) is 5.69 Å². The predicted octanol–water partition coefficient (Wildman–Crippen LogP) is 7.21. The van der Waals surface area contributed by atoms with Crippen molar-refractivity contribution in [1.82, 2.24) is 0 Å². The minimum atomic E-state index is -0.447. The van der Waals surface area contributed by atoms with Crippen LogP contribution in [0.5, 0.6) is 5.75 Å². The summed E-state index contributed by atoms with van der Waals surface area (Å²) in [6.07, 6.45) is 17.7. The smallest absolute Gasteiger partial charge is 0.269 e. The molecular weight excluding hydrogens is 674 g/mol. The Hall–Kier alpha value is -1.94. The number of hydrogen-bond donors (Lipinski definition) is 0. The molecule has 0 N–H and O–H groups in total. The summed E-state index contributed by atoms with van der Waals surface area (Å²) < 4.78 is 55.1. The number of nitro benzene ring substituents is 1. The zero-order chi connectivity index (χ0) is 37.3. The lowest BCUT2D eigenvalue weighted by atomic mass is 10.0. The molecule has 0 amide bonds. The summed E-state index contributed by atoms with van der Waals surface area (Å²) in [4.78, 5) is 10.2. The average Bonchev–Trinajstić information content (AvgIpc) is 3.15. The summed E-state index contributed by atoms with van der Waals surface area (Å²) in [6, 6.07) is 5.93. The Bertz CT molecular complexity index is 864. The van der Waals surface area contributed by atoms with Gasteiger partial charge in [-0.05, 0) is 18.6 Å². The second-order valence-corrected chi connectivity index (χ2v) is 12.4. The summed E-state index contributed by atoms with van der Waals surface area (Å²) >= 11 is 0. The molecule has 0 aromatic heterocycles. The molecule has 13 heteroatoms. The fourth-order valence-electron chi connectivity index (χ4n) is 4.97. The number of non-ortho nitro benzene ring substituents is 1. The first-order valence-corrected chi connectivity index (χ1v) is 19.8. The SMILES string of the molecule is CCCCCCCCCCCCCCCOCCOCCOCCOCCOCCOCCOCCOCCOCCOc1ccc([N+](=O)[O-])cc1. The first-order valence-electron chi connectivity index (χ1n) is 19.8. The van der Waals surface area contributed by atoms with E-state index in [4.69, 9.17) is 47.4 Å². The molecule has 0 heterocycles. The molecule has 0 saturated heterocycles. The van der Waals surface area contributed by atoms with E-state index in [1.807, 2.05) is 0 Å². The van der Waals surface area contributed by atoms with Crippen LogP contribution in [0.1, 0.15) is 90.4 Å². The predicted molar refractivity (Wildman–Crippen MR) is 202 cm³/mol. The Kier molecular flexibility index (Phi) is 37.2. The second kappa shape index (κ2) is 40.2. The molecule has 1 rings (SSSR count). The van der Waals surface area contributed by atoms with Crippen molar-refractivity contribution in [2.24, 2.45) is 0 Å². The van der Waals surface area contributed by atoms with Crippen molar-refractivity contribution in [3.05, 3.63) is 34.4 Å². The maximum absolute atomic E-state index is 10.6. The van der Waals surface area contributed by atoms with Crippen molar-refractivity contribution in [1.29, 1.82) is 0 Å². The molecule has 0 spiro atoms. The van der Waals surface area contributed by atoms with Gasteiger partial charge in [0.2, 0.25) is 0 Å². The van der Waals surface area contributed by atoms with Crippen LogP contribution in [0.25, 0.3) is 0 Å². The molecule has 1 aromatic rings. The van der Waals surface area contributed by atoms with Crippen LogP contribution in [0, 0.1) is 10.1 Å². The van der Waals surface area contributed by atoms with E-state index < -0.39 is 4.92 Å². The van der Waals surface area contributed by atoms with E-state index in [1.54, 1.807) is 12.1 Å². The molecule has 0 bridgehead atoms. The number of unbranched alkanes of at least 4 members (excludes halogenated alkanes) is 12. The van der Waals surface area contributed by atoms with E-state index in [0.717, 1.165) is 13.0 Å². The second-order valence-electron chi connectivity index (χ2n) is 12.4. The third-order valence-corrected chi connectivity index (χ3v) is 7.91. The summed E-state index contributed by atoms with van der Waals surface area (Å²) in [5, 5.41) is 10.6. The standard InChI is InChI=1S/C39H71NO12/c1-2-3-4-5-6-7-8-9-10-11-12-13-14-19-43-20-21-44-22-23-45-24-25-46-26-27-47-28-29-48-30-31-49-32-33-50-34-35-51-36-37-52-39-17-15-38(16-18-39)40(41)42/h15-18H,2-14,19-37H2,1H3. The van der Waals surface area contributed by atoms with Crippen molar-refractivity contribution in [2.45, 2.75) is 90.4 Å². The highest BCUT2D eigenvalue weighted by atomic mass is 16.6. The fraction of sp³-hybridized carbons (Fsp3) is 0.846. The minimum Gasteiger partial charge on any atom is -0.491 e. The number of hydrogen-bond acceptors (Lipinski definition) is 12. The first-order chi connectivity index (χ1) is 25.7. The summed E-state index contributed by atoms with van der Waals surface area (Å²) in [5.41, 5.74) is 0.0296. The topological polar surface area (TPSA) is 135 Å². The van der Waals surface area contributed by atoms with Crippen molar-refractivity contribution in [3.63, 3.8) is 0 Å². The Morgan fingerprint density at radius 3 is 0.962 bits per heavy atom. The fourth-order valence-corrected chi connectivity index (χ4v) is 4.97. The van der Waals surface area contributed by atoms with Crippen LogP contribution in [0.2, 0.25) is 0 Å². The van der Waals surface area contributed by atoms with E-state index >= 15 is 0 Å². The molecule has 0 unspecified atom stereocenters. The maximum Gasteiger partial charge on any atom is 0.269 e. The highest BCUT2D eigenvalue weighted by Gasteiger charge is 2.04. The van der Waals surface area contributed by atoms with Crippen LogP contribution in [-0.4, -0.2) is 130 Å². The molecule has 52 heavy (non-hydrogen) atoms. The molecule has 13 nitrogen and oxygen atoms in total. The van der Waals surface area contributed by atoms with Gasteiger partial charge >= 0.3 is 0 Å². The molecule has 304 valence electrons. The van der Waals surface area contributed by atoms with Gasteiger partial charge in [0, 0.05) is 18.7 Å². The number of nitro groups is 1. The summed E-state index contributed by atoms with van der Waals surface area (Å²) in [5.74, 6) is 0.561. The van der Waals surface area contributed by atoms with Crippen LogP contribution < -0.4 is 4.74 Å². The number of nitrogens with zero attached hydrogens (tertiary/aromatic N) is 1. The molecule has 0 aliphatic rings. The highest BCUT2D eigenvalue weighted by Crippen LogP contribution is 2.17. The molecule has 0 fully saturated rings. The summed E-state index contributed by atoms with van der Waals surface area (Å²) in [7, 11) is 0. The molecule has 1 aromatic carbocycles. The van der Waals surface area contributed by atoms with Gasteiger partial charge in [-0.15, -0.1) is 0 Å². The van der Waals surface area contributed by atoms with Crippen molar-refractivity contribution in [2.75, 3.05) is 126 Å². The van der Waals surface area contributed by atoms with Gasteiger partial charge in [0.15, 0.2) is 0 Å². The van der Waals surface area contributed by atoms with Crippen molar-refractivity contribution >= 4 is 5.69 Å². The Balaban J connectivity index is 1.63. The first kappa shape index (κ1) is 48.1. The van der Waals surface area contributed by atoms with Crippen molar-refractivity contribution < 1.29 is 52.3 Å². The van der Waals surface area contributed by atoms with Gasteiger partial charge in [0.1, 0.15) is 12.4 Å². The normalized spacial score (nSPS) is 11.4. The number of benzene rings is 1. The molecule has 0 aliphatic carbocycles. The highest BCUT2D eigenvalue weighted by molar-refractivity contribution is 5.35. The van der Waals surface area contributed by atoms with E-state index in [0.29, 0.717) is 125 Å². The van der Waals surface area contributed by atoms with Crippen LogP contribution in [0.15, 0.2) is 24.3 Å². The van der Waals surface area contributed by atoms with Gasteiger partial charge in [0.25, 0.3) is 5.69 Å². The molecule has 0 atom stereocenters. The van der Waals surface area contributed by atoms with E-state index in [-0.39, 0.29) is 5.69 Å². The largest absolute Gasteiger partial charge is 0.491 e. The van der Waals surface area contributed by atoms with E-state index in [1.165, 1.54) is 89.2 Å². The molecule has 0 aliphatic heterocycles. The number of ether oxygens (including phenoxy) is 10. The van der Waals surface area contributed by atoms with Gasteiger partial charge in [-0.2, -0.15) is 0 Å². The molecular formula is C39H71NO12. The quantitative estimate of drug-likeness (QED) is 0.0380. The Morgan fingerprint density at radius 1 is 0.385 bits per heavy atom. The lowest BCUT2D eigenvalue weighted by molar-refractivity contribution is -0.384. The van der Waals surface area contributed by atoms with Crippen LogP contribution >= 0.6 is 0 Å². The number of rotatable bonds is 43. The Morgan fingerprint density at radius 2 is 0.654 bits per heavy atom. The minimum absolute atomic E-state index is 0.0296. The third-order valence-electron chi connectivity index (χ3n) is 7.91. The van der Waals surface area contributed by atoms with Gasteiger partial charge in [-0.3, -0.25) is 10.1 Å². The third kappa shape index (κ3) is 35.1. The van der Waals surface area contributed by atoms with Gasteiger partial charge in [-0.1, -0.05) is 84.0 Å². The van der Waals surface area contributed by atoms with Crippen LogP contribution in [-0.2, 0) is 42.6 Å². The van der Waals surface area contributed by atoms with Gasteiger partial charge in [-0.25, -0.2) is 0 Å². The van der Waals surface area contributed by atoms with E-state index in [2.05, 4.69) is 6.92 Å². The Labute approximate surface area is 313 Å².